The second-order valence-corrected chi connectivity index (χ2v) is 8.93. The van der Waals surface area contributed by atoms with E-state index in [0.717, 1.165) is 38.7 Å². The summed E-state index contributed by atoms with van der Waals surface area (Å²) in [7, 11) is 0. The van der Waals surface area contributed by atoms with Gasteiger partial charge in [-0.15, -0.1) is 11.3 Å². The van der Waals surface area contributed by atoms with Crippen LogP contribution in [-0.4, -0.2) is 31.1 Å². The largest absolute Gasteiger partial charge is 0.491 e. The molecule has 0 spiro atoms. The molecule has 1 aliphatic heterocycles. The Morgan fingerprint density at radius 3 is 2.90 bits per heavy atom. The van der Waals surface area contributed by atoms with Crippen LogP contribution in [-0.2, 0) is 17.6 Å². The maximum atomic E-state index is 12.4. The number of ether oxygens (including phenoxy) is 2. The predicted octanol–water partition coefficient (Wildman–Crippen LogP) is 3.51. The maximum absolute atomic E-state index is 12.4. The summed E-state index contributed by atoms with van der Waals surface area (Å²) in [5, 5.41) is 0. The first-order valence-electron chi connectivity index (χ1n) is 10.1. The van der Waals surface area contributed by atoms with Gasteiger partial charge in [-0.05, 0) is 67.9 Å². The average Bonchev–Trinajstić information content (AvgIpc) is 3.39. The first kappa shape index (κ1) is 19.9. The van der Waals surface area contributed by atoms with Gasteiger partial charge in [-0.2, -0.15) is 0 Å². The van der Waals surface area contributed by atoms with Crippen molar-refractivity contribution < 1.29 is 19.1 Å². The van der Waals surface area contributed by atoms with Crippen molar-refractivity contribution in [2.75, 3.05) is 13.2 Å². The number of fused-ring (bicyclic) bond motifs is 1. The summed E-state index contributed by atoms with van der Waals surface area (Å²) in [6.07, 6.45) is 5.38. The van der Waals surface area contributed by atoms with Crippen molar-refractivity contribution in [1.82, 2.24) is 10.9 Å². The number of nitrogens with one attached hydrogen (secondary N) is 2. The molecule has 1 fully saturated rings. The van der Waals surface area contributed by atoms with Crippen molar-refractivity contribution in [3.8, 4) is 5.75 Å². The number of hydrogen-bond donors (Lipinski definition) is 2. The van der Waals surface area contributed by atoms with Gasteiger partial charge in [-0.3, -0.25) is 20.4 Å². The second kappa shape index (κ2) is 8.97. The molecule has 2 N–H and O–H groups in total. The number of aryl methyl sites for hydroxylation is 1. The van der Waals surface area contributed by atoms with Crippen molar-refractivity contribution in [1.29, 1.82) is 0 Å². The van der Waals surface area contributed by atoms with E-state index in [2.05, 4.69) is 17.8 Å². The second-order valence-electron chi connectivity index (χ2n) is 7.79. The molecular weight excluding hydrogens is 388 g/mol. The topological polar surface area (TPSA) is 76.7 Å². The monoisotopic (exact) mass is 414 g/mol. The number of carbonyl (C=O) groups excluding carboxylic acids is 2. The predicted molar refractivity (Wildman–Crippen MR) is 111 cm³/mol. The SMILES string of the molecule is CC1CCc2sc(C(=O)NNC(=O)c3cccc(OCC4CCCO4)c3)cc2C1. The Hall–Kier alpha value is -2.38. The maximum Gasteiger partial charge on any atom is 0.279 e. The van der Waals surface area contributed by atoms with E-state index in [9.17, 15) is 9.59 Å². The van der Waals surface area contributed by atoms with Crippen molar-refractivity contribution >= 4 is 23.2 Å². The molecule has 2 aliphatic rings. The fourth-order valence-corrected chi connectivity index (χ4v) is 4.86. The van der Waals surface area contributed by atoms with Crippen LogP contribution in [0.15, 0.2) is 30.3 Å². The molecule has 154 valence electrons. The zero-order chi connectivity index (χ0) is 20.2. The minimum Gasteiger partial charge on any atom is -0.491 e. The summed E-state index contributed by atoms with van der Waals surface area (Å²) in [5.74, 6) is 0.606. The van der Waals surface area contributed by atoms with Crippen LogP contribution in [0.3, 0.4) is 0 Å². The summed E-state index contributed by atoms with van der Waals surface area (Å²) in [5.41, 5.74) is 6.71. The minimum atomic E-state index is -0.379. The van der Waals surface area contributed by atoms with Crippen LogP contribution in [0, 0.1) is 5.92 Å². The molecule has 2 amide bonds. The van der Waals surface area contributed by atoms with Gasteiger partial charge in [0.25, 0.3) is 11.8 Å². The quantitative estimate of drug-likeness (QED) is 0.734. The molecular formula is C22H26N2O4S. The fraction of sp³-hybridized carbons (Fsp3) is 0.455. The van der Waals surface area contributed by atoms with Crippen LogP contribution in [0.4, 0.5) is 0 Å². The van der Waals surface area contributed by atoms with E-state index in [-0.39, 0.29) is 17.9 Å². The third-order valence-corrected chi connectivity index (χ3v) is 6.63. The summed E-state index contributed by atoms with van der Waals surface area (Å²) in [6.45, 7) is 3.49. The molecule has 0 saturated carbocycles. The molecule has 2 heterocycles. The minimum absolute atomic E-state index is 0.117. The number of rotatable bonds is 5. The number of amides is 2. The summed E-state index contributed by atoms with van der Waals surface area (Å²) < 4.78 is 11.3. The van der Waals surface area contributed by atoms with E-state index in [1.165, 1.54) is 21.8 Å². The van der Waals surface area contributed by atoms with E-state index >= 15 is 0 Å². The van der Waals surface area contributed by atoms with E-state index in [1.54, 1.807) is 18.2 Å². The number of carbonyl (C=O) groups is 2. The van der Waals surface area contributed by atoms with Crippen molar-refractivity contribution in [2.24, 2.45) is 5.92 Å². The number of hydrogen-bond acceptors (Lipinski definition) is 5. The zero-order valence-electron chi connectivity index (χ0n) is 16.5. The van der Waals surface area contributed by atoms with Crippen LogP contribution in [0.1, 0.15) is 56.7 Å². The first-order valence-corrected chi connectivity index (χ1v) is 11.0. The van der Waals surface area contributed by atoms with Gasteiger partial charge in [0.1, 0.15) is 12.4 Å². The summed E-state index contributed by atoms with van der Waals surface area (Å²) in [4.78, 5) is 26.8. The third-order valence-electron chi connectivity index (χ3n) is 5.40. The van der Waals surface area contributed by atoms with Gasteiger partial charge in [0, 0.05) is 17.0 Å². The molecule has 2 atom stereocenters. The lowest BCUT2D eigenvalue weighted by Crippen LogP contribution is -2.41. The molecule has 1 saturated heterocycles. The lowest BCUT2D eigenvalue weighted by Gasteiger charge is -2.16. The van der Waals surface area contributed by atoms with Gasteiger partial charge < -0.3 is 9.47 Å². The summed E-state index contributed by atoms with van der Waals surface area (Å²) in [6, 6.07) is 8.88. The van der Waals surface area contributed by atoms with E-state index in [0.29, 0.717) is 28.7 Å². The Labute approximate surface area is 174 Å². The average molecular weight is 415 g/mol. The number of thiophene rings is 1. The highest BCUT2D eigenvalue weighted by Gasteiger charge is 2.21. The summed E-state index contributed by atoms with van der Waals surface area (Å²) >= 11 is 1.52. The Morgan fingerprint density at radius 2 is 2.07 bits per heavy atom. The van der Waals surface area contributed by atoms with E-state index in [4.69, 9.17) is 9.47 Å². The highest BCUT2D eigenvalue weighted by molar-refractivity contribution is 7.14. The molecule has 1 aliphatic carbocycles. The number of hydrazine groups is 1. The zero-order valence-corrected chi connectivity index (χ0v) is 17.3. The fourth-order valence-electron chi connectivity index (χ4n) is 3.76. The standard InChI is InChI=1S/C22H26N2O4S/c1-14-7-8-19-16(10-14)12-20(29-19)22(26)24-23-21(25)15-4-2-5-17(11-15)28-13-18-6-3-9-27-18/h2,4-5,11-12,14,18H,3,6-10,13H2,1H3,(H,23,25)(H,24,26). The van der Waals surface area contributed by atoms with Gasteiger partial charge in [0.15, 0.2) is 0 Å². The lowest BCUT2D eigenvalue weighted by atomic mass is 9.90. The smallest absolute Gasteiger partial charge is 0.279 e. The third kappa shape index (κ3) is 4.97. The van der Waals surface area contributed by atoms with Gasteiger partial charge in [-0.25, -0.2) is 0 Å². The molecule has 1 aromatic heterocycles. The Kier molecular flexibility index (Phi) is 6.16. The van der Waals surface area contributed by atoms with Gasteiger partial charge >= 0.3 is 0 Å². The van der Waals surface area contributed by atoms with Crippen LogP contribution in [0.5, 0.6) is 5.75 Å². The Morgan fingerprint density at radius 1 is 1.21 bits per heavy atom. The first-order chi connectivity index (χ1) is 14.1. The van der Waals surface area contributed by atoms with Gasteiger partial charge in [-0.1, -0.05) is 13.0 Å². The highest BCUT2D eigenvalue weighted by atomic mass is 32.1. The molecule has 2 aromatic rings. The molecule has 7 heteroatoms. The molecule has 0 bridgehead atoms. The normalized spacial score (nSPS) is 20.7. The molecule has 4 rings (SSSR count). The molecule has 6 nitrogen and oxygen atoms in total. The lowest BCUT2D eigenvalue weighted by molar-refractivity contribution is 0.0679. The van der Waals surface area contributed by atoms with Gasteiger partial charge in [0.2, 0.25) is 0 Å². The van der Waals surface area contributed by atoms with Crippen molar-refractivity contribution in [3.05, 3.63) is 51.2 Å². The van der Waals surface area contributed by atoms with E-state index in [1.807, 2.05) is 12.1 Å². The Bertz CT molecular complexity index is 889. The van der Waals surface area contributed by atoms with E-state index < -0.39 is 0 Å². The van der Waals surface area contributed by atoms with Crippen LogP contribution >= 0.6 is 11.3 Å². The molecule has 0 radical (unpaired) electrons. The number of benzene rings is 1. The van der Waals surface area contributed by atoms with Crippen molar-refractivity contribution in [3.63, 3.8) is 0 Å². The van der Waals surface area contributed by atoms with Gasteiger partial charge in [0.05, 0.1) is 11.0 Å². The van der Waals surface area contributed by atoms with Crippen molar-refractivity contribution in [2.45, 2.75) is 45.1 Å². The molecule has 1 aromatic carbocycles. The highest BCUT2D eigenvalue weighted by Crippen LogP contribution is 2.32. The Balaban J connectivity index is 1.31. The molecule has 2 unspecified atom stereocenters. The van der Waals surface area contributed by atoms with Crippen LogP contribution in [0.2, 0.25) is 0 Å². The molecule has 29 heavy (non-hydrogen) atoms. The van der Waals surface area contributed by atoms with Crippen LogP contribution in [0.25, 0.3) is 0 Å². The van der Waals surface area contributed by atoms with Crippen LogP contribution < -0.4 is 15.6 Å².